The number of fused-ring (bicyclic) bond motifs is 4. The van der Waals surface area contributed by atoms with Gasteiger partial charge in [-0.15, -0.1) is 23.8 Å². The van der Waals surface area contributed by atoms with E-state index in [1.807, 2.05) is 0 Å². The number of hydrogen-bond donors (Lipinski definition) is 0. The van der Waals surface area contributed by atoms with Gasteiger partial charge in [0.2, 0.25) is 0 Å². The van der Waals surface area contributed by atoms with Gasteiger partial charge in [-0.2, -0.15) is 0 Å². The van der Waals surface area contributed by atoms with Crippen LogP contribution in [0.25, 0.3) is 44.9 Å². The Kier molecular flexibility index (Phi) is 8.85. The first-order chi connectivity index (χ1) is 23.5. The minimum absolute atomic E-state index is 0. The maximum Gasteiger partial charge on any atom is 0.188 e. The zero-order valence-electron chi connectivity index (χ0n) is 27.9. The van der Waals surface area contributed by atoms with Gasteiger partial charge >= 0.3 is 0 Å². The number of imidazole rings is 1. The quantitative estimate of drug-likeness (QED) is 0.157. The van der Waals surface area contributed by atoms with Crippen molar-refractivity contribution < 1.29 is 20.1 Å². The summed E-state index contributed by atoms with van der Waals surface area (Å²) in [5.41, 5.74) is 13.5. The van der Waals surface area contributed by atoms with E-state index in [0.29, 0.717) is 5.65 Å². The van der Waals surface area contributed by atoms with Crippen LogP contribution in [-0.2, 0) is 20.1 Å². The van der Waals surface area contributed by atoms with Crippen LogP contribution in [0.2, 0.25) is 0 Å². The van der Waals surface area contributed by atoms with E-state index in [1.54, 1.807) is 12.4 Å². The SMILES string of the molecule is CC(C)c1cc(-c2ccccc2)cc(C(C)C)c1-n1c(C2=[C-]c3ccccc3-c3ccccc3N2c2ccccc2)nc2nccnc21.[Ir]. The van der Waals surface area contributed by atoms with Crippen LogP contribution in [0.1, 0.15) is 62.0 Å². The third-order valence-corrected chi connectivity index (χ3v) is 9.10. The average Bonchev–Trinajstić information content (AvgIpc) is 3.43. The molecule has 0 spiro atoms. The standard InChI is InChI=1S/C43H36N5.Ir/c1-28(2)36-25-32(30-15-7-5-8-16-30)26-37(29(3)4)40(36)48-42(46-41-43(48)45-24-23-44-41)39-27-31-17-11-12-20-34(31)35-21-13-14-22-38(35)47(39)33-18-9-6-10-19-33;/h5-26,28-29H,1-4H3;/q-1;. The molecule has 0 unspecified atom stereocenters. The van der Waals surface area contributed by atoms with Crippen molar-refractivity contribution in [2.45, 2.75) is 39.5 Å². The molecule has 243 valence electrons. The molecule has 8 rings (SSSR count). The number of anilines is 2. The van der Waals surface area contributed by atoms with E-state index >= 15 is 0 Å². The number of para-hydroxylation sites is 2. The minimum atomic E-state index is 0. The van der Waals surface area contributed by atoms with Crippen molar-refractivity contribution in [1.82, 2.24) is 19.5 Å². The Morgan fingerprint density at radius 1 is 0.612 bits per heavy atom. The number of hydrogen-bond acceptors (Lipinski definition) is 4. The average molecular weight is 815 g/mol. The molecule has 1 radical (unpaired) electrons. The third-order valence-electron chi connectivity index (χ3n) is 9.10. The zero-order valence-corrected chi connectivity index (χ0v) is 30.3. The van der Waals surface area contributed by atoms with E-state index in [1.165, 1.54) is 22.3 Å². The molecule has 0 atom stereocenters. The summed E-state index contributed by atoms with van der Waals surface area (Å²) in [7, 11) is 0. The van der Waals surface area contributed by atoms with E-state index in [0.717, 1.165) is 50.9 Å². The van der Waals surface area contributed by atoms with Gasteiger partial charge in [-0.3, -0.25) is 4.98 Å². The summed E-state index contributed by atoms with van der Waals surface area (Å²) in [6.45, 7) is 9.06. The summed E-state index contributed by atoms with van der Waals surface area (Å²) in [6, 6.07) is 42.9. The second kappa shape index (κ2) is 13.4. The summed E-state index contributed by atoms with van der Waals surface area (Å²) in [6.07, 6.45) is 7.36. The molecule has 3 heterocycles. The van der Waals surface area contributed by atoms with Crippen LogP contribution in [0.5, 0.6) is 0 Å². The monoisotopic (exact) mass is 815 g/mol. The van der Waals surface area contributed by atoms with Gasteiger partial charge in [0.1, 0.15) is 0 Å². The number of aromatic nitrogens is 4. The first-order valence-corrected chi connectivity index (χ1v) is 16.6. The fraction of sp³-hybridized carbons (Fsp3) is 0.140. The van der Waals surface area contributed by atoms with Crippen LogP contribution in [0, 0.1) is 6.08 Å². The van der Waals surface area contributed by atoms with Crippen LogP contribution in [0.4, 0.5) is 11.4 Å². The van der Waals surface area contributed by atoms with E-state index in [2.05, 4.69) is 165 Å². The molecule has 2 aromatic heterocycles. The molecule has 0 aliphatic carbocycles. The molecular weight excluding hydrogens is 779 g/mol. The smallest absolute Gasteiger partial charge is 0.188 e. The molecule has 5 aromatic carbocycles. The summed E-state index contributed by atoms with van der Waals surface area (Å²) in [5, 5.41) is 0. The Labute approximate surface area is 301 Å². The molecule has 49 heavy (non-hydrogen) atoms. The van der Waals surface area contributed by atoms with Crippen molar-refractivity contribution in [3.63, 3.8) is 0 Å². The summed E-state index contributed by atoms with van der Waals surface area (Å²) >= 11 is 0. The van der Waals surface area contributed by atoms with Crippen molar-refractivity contribution in [1.29, 1.82) is 0 Å². The molecule has 0 N–H and O–H groups in total. The Balaban J connectivity index is 0.00000378. The Morgan fingerprint density at radius 3 is 1.90 bits per heavy atom. The number of benzene rings is 5. The van der Waals surface area contributed by atoms with Crippen molar-refractivity contribution in [3.8, 4) is 27.9 Å². The molecule has 0 fully saturated rings. The molecule has 0 amide bonds. The normalized spacial score (nSPS) is 12.4. The summed E-state index contributed by atoms with van der Waals surface area (Å²) < 4.78 is 2.25. The summed E-state index contributed by atoms with van der Waals surface area (Å²) in [5.74, 6) is 1.19. The molecule has 1 aliphatic heterocycles. The predicted molar refractivity (Wildman–Crippen MR) is 196 cm³/mol. The van der Waals surface area contributed by atoms with Crippen molar-refractivity contribution in [3.05, 3.63) is 162 Å². The van der Waals surface area contributed by atoms with Gasteiger partial charge in [0.15, 0.2) is 11.3 Å². The maximum atomic E-state index is 5.31. The molecule has 0 saturated heterocycles. The second-order valence-corrected chi connectivity index (χ2v) is 12.9. The van der Waals surface area contributed by atoms with Gasteiger partial charge in [0, 0.05) is 55.3 Å². The van der Waals surface area contributed by atoms with Crippen molar-refractivity contribution in [2.75, 3.05) is 4.90 Å². The van der Waals surface area contributed by atoms with Gasteiger partial charge in [-0.05, 0) is 70.0 Å². The first-order valence-electron chi connectivity index (χ1n) is 16.6. The van der Waals surface area contributed by atoms with Crippen LogP contribution in [0.15, 0.2) is 134 Å². The Morgan fingerprint density at radius 2 is 1.20 bits per heavy atom. The predicted octanol–water partition coefficient (Wildman–Crippen LogP) is 10.7. The number of nitrogens with zero attached hydrogens (tertiary/aromatic N) is 5. The fourth-order valence-corrected chi connectivity index (χ4v) is 6.83. The molecule has 1 aliphatic rings. The fourth-order valence-electron chi connectivity index (χ4n) is 6.83. The molecule has 6 heteroatoms. The largest absolute Gasteiger partial charge is 0.325 e. The Bertz CT molecular complexity index is 2280. The number of rotatable bonds is 6. The topological polar surface area (TPSA) is 46.8 Å². The van der Waals surface area contributed by atoms with Crippen molar-refractivity contribution >= 4 is 28.4 Å². The zero-order chi connectivity index (χ0) is 32.8. The van der Waals surface area contributed by atoms with Crippen LogP contribution in [-0.4, -0.2) is 19.5 Å². The molecule has 0 bridgehead atoms. The van der Waals surface area contributed by atoms with E-state index < -0.39 is 0 Å². The molecule has 0 saturated carbocycles. The molecular formula is C43H36IrN5-. The Hall–Kier alpha value is -5.16. The van der Waals surface area contributed by atoms with E-state index in [-0.39, 0.29) is 31.9 Å². The third kappa shape index (κ3) is 5.71. The minimum Gasteiger partial charge on any atom is -0.325 e. The second-order valence-electron chi connectivity index (χ2n) is 12.9. The van der Waals surface area contributed by atoms with E-state index in [9.17, 15) is 0 Å². The van der Waals surface area contributed by atoms with Gasteiger partial charge in [-0.25, -0.2) is 9.97 Å². The van der Waals surface area contributed by atoms with E-state index in [4.69, 9.17) is 15.0 Å². The molecule has 5 nitrogen and oxygen atoms in total. The van der Waals surface area contributed by atoms with Gasteiger partial charge in [0.25, 0.3) is 0 Å². The summed E-state index contributed by atoms with van der Waals surface area (Å²) in [4.78, 5) is 17.3. The van der Waals surface area contributed by atoms with Crippen LogP contribution >= 0.6 is 0 Å². The van der Waals surface area contributed by atoms with Crippen molar-refractivity contribution in [2.24, 2.45) is 0 Å². The van der Waals surface area contributed by atoms with Gasteiger partial charge in [-0.1, -0.05) is 112 Å². The van der Waals surface area contributed by atoms with Gasteiger partial charge in [0.05, 0.1) is 5.82 Å². The molecule has 7 aromatic rings. The van der Waals surface area contributed by atoms with Crippen LogP contribution in [0.3, 0.4) is 0 Å². The first kappa shape index (κ1) is 32.4. The maximum absolute atomic E-state index is 5.31. The van der Waals surface area contributed by atoms with Crippen LogP contribution < -0.4 is 4.90 Å². The van der Waals surface area contributed by atoms with Gasteiger partial charge < -0.3 is 9.47 Å².